The van der Waals surface area contributed by atoms with Crippen LogP contribution in [0.4, 0.5) is 5.13 Å². The van der Waals surface area contributed by atoms with E-state index in [1.54, 1.807) is 13.2 Å². The molecule has 0 radical (unpaired) electrons. The third-order valence-electron chi connectivity index (χ3n) is 2.27. The van der Waals surface area contributed by atoms with Crippen LogP contribution in [0.5, 0.6) is 0 Å². The number of hydrogen-bond acceptors (Lipinski definition) is 7. The van der Waals surface area contributed by atoms with Crippen molar-refractivity contribution < 1.29 is 4.74 Å². The predicted octanol–water partition coefficient (Wildman–Crippen LogP) is 0.299. The molecule has 0 aromatic carbocycles. The molecule has 0 bridgehead atoms. The fraction of sp³-hybridized carbons (Fsp3) is 0.400. The molecule has 96 valence electrons. The third-order valence-corrected chi connectivity index (χ3v) is 3.06. The first-order valence-electron chi connectivity index (χ1n) is 5.29. The zero-order valence-electron chi connectivity index (χ0n) is 10.1. The molecule has 0 spiro atoms. The summed E-state index contributed by atoms with van der Waals surface area (Å²) in [6.45, 7) is 2.64. The number of anilines is 1. The lowest BCUT2D eigenvalue weighted by atomic mass is 10.3. The number of nitrogen functional groups attached to an aromatic ring is 1. The Labute approximate surface area is 107 Å². The predicted molar refractivity (Wildman–Crippen MR) is 68.4 cm³/mol. The second-order valence-electron chi connectivity index (χ2n) is 3.67. The molecule has 2 rings (SSSR count). The first-order chi connectivity index (χ1) is 8.61. The summed E-state index contributed by atoms with van der Waals surface area (Å²) in [7, 11) is 1.58. The number of rotatable bonds is 4. The Morgan fingerprint density at radius 2 is 2.28 bits per heavy atom. The zero-order valence-corrected chi connectivity index (χ0v) is 10.9. The molecule has 0 aliphatic carbocycles. The van der Waals surface area contributed by atoms with E-state index in [1.807, 2.05) is 6.92 Å². The Kier molecular flexibility index (Phi) is 3.68. The highest BCUT2D eigenvalue weighted by Crippen LogP contribution is 2.21. The topological polar surface area (TPSA) is 95.9 Å². The second-order valence-corrected chi connectivity index (χ2v) is 4.68. The SMILES string of the molecule is COCCn1nc(C)cc(-c2nnc(N)s2)c1=O. The molecule has 18 heavy (non-hydrogen) atoms. The minimum absolute atomic E-state index is 0.214. The molecule has 0 atom stereocenters. The lowest BCUT2D eigenvalue weighted by Gasteiger charge is -2.06. The van der Waals surface area contributed by atoms with Gasteiger partial charge in [0.25, 0.3) is 5.56 Å². The van der Waals surface area contributed by atoms with Gasteiger partial charge in [-0.05, 0) is 13.0 Å². The summed E-state index contributed by atoms with van der Waals surface area (Å²) < 4.78 is 6.31. The van der Waals surface area contributed by atoms with Gasteiger partial charge in [0, 0.05) is 7.11 Å². The molecule has 2 aromatic heterocycles. The minimum atomic E-state index is -0.214. The highest BCUT2D eigenvalue weighted by atomic mass is 32.1. The standard InChI is InChI=1S/C10H13N5O2S/c1-6-5-7(8-12-13-10(11)18-8)9(16)15(14-6)3-4-17-2/h5H,3-4H2,1-2H3,(H2,11,13). The molecular weight excluding hydrogens is 254 g/mol. The molecular formula is C10H13N5O2S. The van der Waals surface area contributed by atoms with Gasteiger partial charge in [-0.25, -0.2) is 4.68 Å². The Balaban J connectivity index is 2.48. The van der Waals surface area contributed by atoms with Crippen LogP contribution in [0.25, 0.3) is 10.6 Å². The molecule has 0 amide bonds. The van der Waals surface area contributed by atoms with E-state index in [0.717, 1.165) is 5.69 Å². The van der Waals surface area contributed by atoms with E-state index in [9.17, 15) is 4.79 Å². The molecule has 2 N–H and O–H groups in total. The summed E-state index contributed by atoms with van der Waals surface area (Å²) in [6, 6.07) is 1.69. The summed E-state index contributed by atoms with van der Waals surface area (Å²) in [6.07, 6.45) is 0. The summed E-state index contributed by atoms with van der Waals surface area (Å²) in [5.74, 6) is 0. The normalized spacial score (nSPS) is 10.8. The number of nitrogens with two attached hydrogens (primary N) is 1. The van der Waals surface area contributed by atoms with Crippen molar-refractivity contribution in [2.75, 3.05) is 19.5 Å². The number of methoxy groups -OCH3 is 1. The quantitative estimate of drug-likeness (QED) is 0.855. The molecule has 2 heterocycles. The van der Waals surface area contributed by atoms with Crippen LogP contribution in [0.3, 0.4) is 0 Å². The van der Waals surface area contributed by atoms with Crippen molar-refractivity contribution in [1.82, 2.24) is 20.0 Å². The van der Waals surface area contributed by atoms with Crippen LogP contribution in [-0.4, -0.2) is 33.7 Å². The average Bonchev–Trinajstić information content (AvgIpc) is 2.76. The van der Waals surface area contributed by atoms with E-state index in [1.165, 1.54) is 16.0 Å². The van der Waals surface area contributed by atoms with Gasteiger partial charge in [0.2, 0.25) is 5.13 Å². The summed E-state index contributed by atoms with van der Waals surface area (Å²) >= 11 is 1.18. The Hall–Kier alpha value is -1.80. The number of ether oxygens (including phenoxy) is 1. The smallest absolute Gasteiger partial charge is 0.277 e. The van der Waals surface area contributed by atoms with Crippen LogP contribution in [0.1, 0.15) is 5.69 Å². The molecule has 0 unspecified atom stereocenters. The van der Waals surface area contributed by atoms with Gasteiger partial charge >= 0.3 is 0 Å². The van der Waals surface area contributed by atoms with Crippen LogP contribution >= 0.6 is 11.3 Å². The Morgan fingerprint density at radius 1 is 1.50 bits per heavy atom. The second kappa shape index (κ2) is 5.23. The lowest BCUT2D eigenvalue weighted by Crippen LogP contribution is -2.26. The molecule has 7 nitrogen and oxygen atoms in total. The average molecular weight is 267 g/mol. The molecule has 0 saturated carbocycles. The minimum Gasteiger partial charge on any atom is -0.383 e. The zero-order chi connectivity index (χ0) is 13.1. The highest BCUT2D eigenvalue weighted by molar-refractivity contribution is 7.18. The Morgan fingerprint density at radius 3 is 2.89 bits per heavy atom. The van der Waals surface area contributed by atoms with Gasteiger partial charge in [-0.3, -0.25) is 4.79 Å². The fourth-order valence-corrected chi connectivity index (χ4v) is 2.12. The van der Waals surface area contributed by atoms with E-state index >= 15 is 0 Å². The van der Waals surface area contributed by atoms with Gasteiger partial charge in [-0.15, -0.1) is 10.2 Å². The first kappa shape index (κ1) is 12.7. The largest absolute Gasteiger partial charge is 0.383 e. The number of nitrogens with zero attached hydrogens (tertiary/aromatic N) is 4. The first-order valence-corrected chi connectivity index (χ1v) is 6.10. The van der Waals surface area contributed by atoms with E-state index in [-0.39, 0.29) is 5.56 Å². The van der Waals surface area contributed by atoms with Crippen LogP contribution in [0.15, 0.2) is 10.9 Å². The van der Waals surface area contributed by atoms with Crippen molar-refractivity contribution in [2.45, 2.75) is 13.5 Å². The van der Waals surface area contributed by atoms with E-state index in [0.29, 0.717) is 28.9 Å². The molecule has 8 heteroatoms. The van der Waals surface area contributed by atoms with Crippen molar-refractivity contribution >= 4 is 16.5 Å². The molecule has 0 fully saturated rings. The monoisotopic (exact) mass is 267 g/mol. The van der Waals surface area contributed by atoms with Crippen LogP contribution in [0.2, 0.25) is 0 Å². The van der Waals surface area contributed by atoms with E-state index < -0.39 is 0 Å². The van der Waals surface area contributed by atoms with Crippen molar-refractivity contribution in [3.8, 4) is 10.6 Å². The summed E-state index contributed by atoms with van der Waals surface area (Å²) in [5.41, 5.74) is 6.51. The molecule has 0 aliphatic rings. The Bertz CT molecular complexity index is 607. The fourth-order valence-electron chi connectivity index (χ4n) is 1.50. The maximum absolute atomic E-state index is 12.2. The van der Waals surface area contributed by atoms with Gasteiger partial charge < -0.3 is 10.5 Å². The molecule has 0 aliphatic heterocycles. The molecule has 2 aromatic rings. The van der Waals surface area contributed by atoms with Crippen LogP contribution < -0.4 is 11.3 Å². The van der Waals surface area contributed by atoms with Crippen LogP contribution in [-0.2, 0) is 11.3 Å². The van der Waals surface area contributed by atoms with Gasteiger partial charge in [-0.2, -0.15) is 5.10 Å². The van der Waals surface area contributed by atoms with Crippen molar-refractivity contribution in [2.24, 2.45) is 0 Å². The van der Waals surface area contributed by atoms with E-state index in [2.05, 4.69) is 15.3 Å². The number of aromatic nitrogens is 4. The van der Waals surface area contributed by atoms with Crippen molar-refractivity contribution in [1.29, 1.82) is 0 Å². The molecule has 0 saturated heterocycles. The lowest BCUT2D eigenvalue weighted by molar-refractivity contribution is 0.181. The van der Waals surface area contributed by atoms with Gasteiger partial charge in [0.1, 0.15) is 0 Å². The summed E-state index contributed by atoms with van der Waals surface area (Å²) in [4.78, 5) is 12.2. The van der Waals surface area contributed by atoms with Crippen LogP contribution in [0, 0.1) is 6.92 Å². The number of hydrogen-bond donors (Lipinski definition) is 1. The maximum Gasteiger partial charge on any atom is 0.277 e. The highest BCUT2D eigenvalue weighted by Gasteiger charge is 2.12. The van der Waals surface area contributed by atoms with E-state index in [4.69, 9.17) is 10.5 Å². The van der Waals surface area contributed by atoms with Gasteiger partial charge in [0.15, 0.2) is 5.01 Å². The van der Waals surface area contributed by atoms with Crippen molar-refractivity contribution in [3.63, 3.8) is 0 Å². The van der Waals surface area contributed by atoms with Gasteiger partial charge in [0.05, 0.1) is 24.4 Å². The van der Waals surface area contributed by atoms with Gasteiger partial charge in [-0.1, -0.05) is 11.3 Å². The van der Waals surface area contributed by atoms with Crippen molar-refractivity contribution in [3.05, 3.63) is 22.1 Å². The maximum atomic E-state index is 12.2. The summed E-state index contributed by atoms with van der Waals surface area (Å²) in [5, 5.41) is 12.6. The number of aryl methyl sites for hydroxylation is 1. The third kappa shape index (κ3) is 2.54.